The van der Waals surface area contributed by atoms with E-state index >= 15 is 0 Å². The molecule has 0 aliphatic carbocycles. The highest BCUT2D eigenvalue weighted by atomic mass is 16.5. The minimum Gasteiger partial charge on any atom is -0.459 e. The standard InChI is InChI=1S/C21H24N2O5/c1-12(2)28-20(25)18-13(3)19(22-14(18)4)21(26)27-11-17(24)23-10-9-15-7-5-6-8-16(15)23/h5-8,12,22H,9-11H2,1-4H3. The zero-order valence-electron chi connectivity index (χ0n) is 16.5. The molecule has 1 N–H and O–H groups in total. The second kappa shape index (κ2) is 7.88. The lowest BCUT2D eigenvalue weighted by molar-refractivity contribution is -0.121. The van der Waals surface area contributed by atoms with Crippen molar-refractivity contribution in [1.82, 2.24) is 4.98 Å². The number of H-pyrrole nitrogens is 1. The van der Waals surface area contributed by atoms with Gasteiger partial charge in [0.2, 0.25) is 0 Å². The van der Waals surface area contributed by atoms with Crippen molar-refractivity contribution in [2.24, 2.45) is 0 Å². The van der Waals surface area contributed by atoms with Crippen LogP contribution in [0.1, 0.15) is 51.5 Å². The number of hydrogen-bond donors (Lipinski definition) is 1. The van der Waals surface area contributed by atoms with Crippen LogP contribution in [0, 0.1) is 13.8 Å². The molecule has 0 radical (unpaired) electrons. The first-order chi connectivity index (χ1) is 13.3. The molecule has 1 aliphatic heterocycles. The largest absolute Gasteiger partial charge is 0.459 e. The number of fused-ring (bicyclic) bond motifs is 1. The molecule has 3 rings (SSSR count). The first-order valence-electron chi connectivity index (χ1n) is 9.25. The van der Waals surface area contributed by atoms with E-state index in [-0.39, 0.29) is 24.3 Å². The monoisotopic (exact) mass is 384 g/mol. The van der Waals surface area contributed by atoms with Gasteiger partial charge < -0.3 is 19.4 Å². The number of ether oxygens (including phenoxy) is 2. The van der Waals surface area contributed by atoms with E-state index < -0.39 is 11.9 Å². The predicted octanol–water partition coefficient (Wildman–Crippen LogP) is 2.94. The van der Waals surface area contributed by atoms with E-state index in [0.29, 0.717) is 23.4 Å². The molecule has 1 aromatic heterocycles. The molecule has 2 heterocycles. The topological polar surface area (TPSA) is 88.7 Å². The zero-order valence-corrected chi connectivity index (χ0v) is 16.5. The van der Waals surface area contributed by atoms with Crippen LogP contribution in [-0.4, -0.2) is 42.1 Å². The summed E-state index contributed by atoms with van der Waals surface area (Å²) in [5.41, 5.74) is 3.41. The van der Waals surface area contributed by atoms with Crippen molar-refractivity contribution < 1.29 is 23.9 Å². The molecule has 2 aromatic rings. The molecule has 0 fully saturated rings. The van der Waals surface area contributed by atoms with Gasteiger partial charge in [-0.05, 0) is 51.3 Å². The smallest absolute Gasteiger partial charge is 0.355 e. The van der Waals surface area contributed by atoms with Crippen molar-refractivity contribution in [3.63, 3.8) is 0 Å². The third-order valence-electron chi connectivity index (χ3n) is 4.70. The van der Waals surface area contributed by atoms with E-state index in [4.69, 9.17) is 9.47 Å². The van der Waals surface area contributed by atoms with E-state index in [2.05, 4.69) is 4.98 Å². The Labute approximate surface area is 163 Å². The van der Waals surface area contributed by atoms with Gasteiger partial charge in [-0.15, -0.1) is 0 Å². The van der Waals surface area contributed by atoms with Gasteiger partial charge in [-0.3, -0.25) is 4.79 Å². The van der Waals surface area contributed by atoms with Crippen LogP contribution in [0.3, 0.4) is 0 Å². The summed E-state index contributed by atoms with van der Waals surface area (Å²) in [5, 5.41) is 0. The number of para-hydroxylation sites is 1. The summed E-state index contributed by atoms with van der Waals surface area (Å²) in [7, 11) is 0. The normalized spacial score (nSPS) is 12.8. The lowest BCUT2D eigenvalue weighted by atomic mass is 10.1. The number of hydrogen-bond acceptors (Lipinski definition) is 5. The highest BCUT2D eigenvalue weighted by Crippen LogP contribution is 2.27. The summed E-state index contributed by atoms with van der Waals surface area (Å²) in [6, 6.07) is 7.68. The molecule has 0 atom stereocenters. The molecule has 7 heteroatoms. The SMILES string of the molecule is Cc1[nH]c(C(=O)OCC(=O)N2CCc3ccccc32)c(C)c1C(=O)OC(C)C. The highest BCUT2D eigenvalue weighted by Gasteiger charge is 2.27. The van der Waals surface area contributed by atoms with Gasteiger partial charge in [0.25, 0.3) is 5.91 Å². The number of aromatic nitrogens is 1. The Kier molecular flexibility index (Phi) is 5.53. The average molecular weight is 384 g/mol. The Bertz CT molecular complexity index is 929. The maximum absolute atomic E-state index is 12.5. The van der Waals surface area contributed by atoms with Gasteiger partial charge >= 0.3 is 11.9 Å². The van der Waals surface area contributed by atoms with E-state index in [0.717, 1.165) is 17.7 Å². The second-order valence-corrected chi connectivity index (χ2v) is 7.08. The average Bonchev–Trinajstić information content (AvgIpc) is 3.19. The van der Waals surface area contributed by atoms with Crippen molar-refractivity contribution in [2.75, 3.05) is 18.1 Å². The predicted molar refractivity (Wildman–Crippen MR) is 104 cm³/mol. The number of nitrogens with zero attached hydrogens (tertiary/aromatic N) is 1. The Morgan fingerprint density at radius 1 is 1.14 bits per heavy atom. The Hall–Kier alpha value is -3.09. The molecule has 0 spiro atoms. The van der Waals surface area contributed by atoms with Gasteiger partial charge in [-0.25, -0.2) is 9.59 Å². The molecule has 1 aliphatic rings. The molecule has 0 bridgehead atoms. The minimum absolute atomic E-state index is 0.155. The summed E-state index contributed by atoms with van der Waals surface area (Å²) in [6.45, 7) is 7.06. The molecule has 0 saturated heterocycles. The van der Waals surface area contributed by atoms with Crippen molar-refractivity contribution >= 4 is 23.5 Å². The molecule has 1 aromatic carbocycles. The van der Waals surface area contributed by atoms with Gasteiger partial charge in [0.05, 0.1) is 11.7 Å². The number of anilines is 1. The molecular formula is C21H24N2O5. The Morgan fingerprint density at radius 3 is 2.57 bits per heavy atom. The number of rotatable bonds is 5. The zero-order chi connectivity index (χ0) is 20.4. The van der Waals surface area contributed by atoms with Crippen molar-refractivity contribution in [1.29, 1.82) is 0 Å². The third-order valence-corrected chi connectivity index (χ3v) is 4.70. The minimum atomic E-state index is -0.676. The summed E-state index contributed by atoms with van der Waals surface area (Å²) in [5.74, 6) is -1.45. The van der Waals surface area contributed by atoms with E-state index in [1.54, 1.807) is 32.6 Å². The van der Waals surface area contributed by atoms with Gasteiger partial charge in [0, 0.05) is 17.9 Å². The molecule has 28 heavy (non-hydrogen) atoms. The first kappa shape index (κ1) is 19.7. The van der Waals surface area contributed by atoms with Crippen molar-refractivity contribution in [2.45, 2.75) is 40.2 Å². The Morgan fingerprint density at radius 2 is 1.86 bits per heavy atom. The van der Waals surface area contributed by atoms with Crippen LogP contribution in [0.25, 0.3) is 0 Å². The number of amides is 1. The number of carbonyl (C=O) groups is 3. The number of carbonyl (C=O) groups excluding carboxylic acids is 3. The highest BCUT2D eigenvalue weighted by molar-refractivity contribution is 6.00. The van der Waals surface area contributed by atoms with Crippen molar-refractivity contribution in [3.8, 4) is 0 Å². The fourth-order valence-corrected chi connectivity index (χ4v) is 3.41. The fourth-order valence-electron chi connectivity index (χ4n) is 3.41. The van der Waals surface area contributed by atoms with Crippen molar-refractivity contribution in [3.05, 3.63) is 52.3 Å². The van der Waals surface area contributed by atoms with Gasteiger partial charge in [-0.2, -0.15) is 0 Å². The molecular weight excluding hydrogens is 360 g/mol. The fraction of sp³-hybridized carbons (Fsp3) is 0.381. The first-order valence-corrected chi connectivity index (χ1v) is 9.25. The van der Waals surface area contributed by atoms with Crippen LogP contribution in [-0.2, 0) is 20.7 Å². The van der Waals surface area contributed by atoms with Crippen LogP contribution in [0.15, 0.2) is 24.3 Å². The third kappa shape index (κ3) is 3.78. The Balaban J connectivity index is 1.67. The van der Waals surface area contributed by atoms with Gasteiger partial charge in [0.15, 0.2) is 6.61 Å². The summed E-state index contributed by atoms with van der Waals surface area (Å²) < 4.78 is 10.4. The van der Waals surface area contributed by atoms with Gasteiger partial charge in [0.1, 0.15) is 5.69 Å². The second-order valence-electron chi connectivity index (χ2n) is 7.08. The van der Waals surface area contributed by atoms with E-state index in [1.165, 1.54) is 0 Å². The summed E-state index contributed by atoms with van der Waals surface area (Å²) >= 11 is 0. The maximum Gasteiger partial charge on any atom is 0.355 e. The van der Waals surface area contributed by atoms with Crippen LogP contribution >= 0.6 is 0 Å². The number of benzene rings is 1. The molecule has 0 unspecified atom stereocenters. The molecule has 148 valence electrons. The van der Waals surface area contributed by atoms with Crippen LogP contribution in [0.5, 0.6) is 0 Å². The van der Waals surface area contributed by atoms with Crippen LogP contribution in [0.4, 0.5) is 5.69 Å². The number of aromatic amines is 1. The lowest BCUT2D eigenvalue weighted by Gasteiger charge is -2.17. The summed E-state index contributed by atoms with van der Waals surface area (Å²) in [4.78, 5) is 41.7. The molecule has 7 nitrogen and oxygen atoms in total. The number of aryl methyl sites for hydroxylation is 1. The van der Waals surface area contributed by atoms with Crippen LogP contribution in [0.2, 0.25) is 0 Å². The maximum atomic E-state index is 12.5. The molecule has 1 amide bonds. The number of nitrogens with one attached hydrogen (secondary N) is 1. The van der Waals surface area contributed by atoms with Gasteiger partial charge in [-0.1, -0.05) is 18.2 Å². The van der Waals surface area contributed by atoms with Crippen LogP contribution < -0.4 is 4.90 Å². The van der Waals surface area contributed by atoms with E-state index in [1.807, 2.05) is 24.3 Å². The molecule has 0 saturated carbocycles. The van der Waals surface area contributed by atoms with E-state index in [9.17, 15) is 14.4 Å². The number of esters is 2. The lowest BCUT2D eigenvalue weighted by Crippen LogP contribution is -2.33. The summed E-state index contributed by atoms with van der Waals surface area (Å²) in [6.07, 6.45) is 0.518. The quantitative estimate of drug-likeness (QED) is 0.801.